The van der Waals surface area contributed by atoms with Gasteiger partial charge in [0.05, 0.1) is 16.8 Å². The molecule has 33 heavy (non-hydrogen) atoms. The van der Waals surface area contributed by atoms with E-state index in [4.69, 9.17) is 16.3 Å². The highest BCUT2D eigenvalue weighted by Gasteiger charge is 2.51. The number of nitrogens with zero attached hydrogens (tertiary/aromatic N) is 2. The molecule has 1 N–H and O–H groups in total. The summed E-state index contributed by atoms with van der Waals surface area (Å²) in [6.07, 6.45) is 4.77. The van der Waals surface area contributed by atoms with Gasteiger partial charge < -0.3 is 10.1 Å². The van der Waals surface area contributed by atoms with Crippen LogP contribution in [0.2, 0.25) is 5.02 Å². The topological polar surface area (TPSA) is 136 Å². The average Bonchev–Trinajstić information content (AvgIpc) is 3.00. The molecule has 0 saturated carbocycles. The van der Waals surface area contributed by atoms with Crippen molar-refractivity contribution in [1.82, 2.24) is 4.90 Å². The van der Waals surface area contributed by atoms with Crippen molar-refractivity contribution < 1.29 is 28.8 Å². The van der Waals surface area contributed by atoms with Crippen LogP contribution in [0.15, 0.2) is 30.4 Å². The fourth-order valence-corrected chi connectivity index (χ4v) is 4.25. The molecule has 1 aliphatic heterocycles. The number of halogens is 1. The molecule has 176 valence electrons. The van der Waals surface area contributed by atoms with Gasteiger partial charge in [-0.25, -0.2) is 4.79 Å². The van der Waals surface area contributed by atoms with Gasteiger partial charge in [0.25, 0.3) is 11.6 Å². The summed E-state index contributed by atoms with van der Waals surface area (Å²) >= 11 is 5.84. The minimum atomic E-state index is -1.15. The van der Waals surface area contributed by atoms with Gasteiger partial charge in [0.2, 0.25) is 11.8 Å². The largest absolute Gasteiger partial charge is 0.454 e. The Morgan fingerprint density at radius 2 is 1.82 bits per heavy atom. The van der Waals surface area contributed by atoms with Crippen molar-refractivity contribution in [3.8, 4) is 0 Å². The third-order valence-corrected chi connectivity index (χ3v) is 5.83. The number of hydrogen-bond donors (Lipinski definition) is 1. The standard InChI is InChI=1S/C22H24ClN3O7/c1-12(2)9-18(25-20(28)14-5-3-4-6-15(14)21(25)29)22(30)33-11-19(27)24-16-10-13(23)7-8-17(16)26(31)32/h3-4,7-8,10,12,14-15,18H,5-6,9,11H2,1-2H3,(H,24,27). The molecule has 0 radical (unpaired) electrons. The van der Waals surface area contributed by atoms with Crippen LogP contribution in [0, 0.1) is 27.9 Å². The first-order chi connectivity index (χ1) is 15.6. The zero-order valence-corrected chi connectivity index (χ0v) is 18.9. The predicted molar refractivity (Wildman–Crippen MR) is 118 cm³/mol. The molecule has 1 aliphatic carbocycles. The Kier molecular flexibility index (Phi) is 7.47. The molecule has 1 saturated heterocycles. The molecule has 2 aliphatic rings. The Hall–Kier alpha value is -3.27. The van der Waals surface area contributed by atoms with Crippen molar-refractivity contribution in [3.63, 3.8) is 0 Å². The first kappa shape index (κ1) is 24.4. The molecule has 1 heterocycles. The van der Waals surface area contributed by atoms with E-state index in [1.54, 1.807) is 0 Å². The molecule has 3 atom stereocenters. The number of rotatable bonds is 8. The van der Waals surface area contributed by atoms with Crippen LogP contribution in [-0.2, 0) is 23.9 Å². The number of carbonyl (C=O) groups is 4. The number of allylic oxidation sites excluding steroid dienone is 2. The number of amides is 3. The summed E-state index contributed by atoms with van der Waals surface area (Å²) in [6, 6.07) is 2.51. The molecule has 1 aromatic carbocycles. The van der Waals surface area contributed by atoms with E-state index in [9.17, 15) is 29.3 Å². The Morgan fingerprint density at radius 3 is 2.36 bits per heavy atom. The van der Waals surface area contributed by atoms with Crippen LogP contribution < -0.4 is 5.32 Å². The monoisotopic (exact) mass is 477 g/mol. The van der Waals surface area contributed by atoms with E-state index in [2.05, 4.69) is 5.32 Å². The molecule has 0 spiro atoms. The zero-order valence-electron chi connectivity index (χ0n) is 18.2. The first-order valence-electron chi connectivity index (χ1n) is 10.5. The second kappa shape index (κ2) is 10.1. The number of nitro benzene ring substituents is 1. The van der Waals surface area contributed by atoms with Crippen LogP contribution >= 0.6 is 11.6 Å². The van der Waals surface area contributed by atoms with Crippen LogP contribution in [-0.4, -0.2) is 46.2 Å². The second-order valence-corrected chi connectivity index (χ2v) is 8.86. The lowest BCUT2D eigenvalue weighted by atomic mass is 9.85. The Balaban J connectivity index is 1.70. The maximum Gasteiger partial charge on any atom is 0.329 e. The van der Waals surface area contributed by atoms with Crippen LogP contribution in [0.3, 0.4) is 0 Å². The van der Waals surface area contributed by atoms with E-state index >= 15 is 0 Å². The van der Waals surface area contributed by atoms with Crippen LogP contribution in [0.4, 0.5) is 11.4 Å². The number of esters is 1. The minimum absolute atomic E-state index is 0.0353. The molecule has 10 nitrogen and oxygen atoms in total. The molecule has 0 bridgehead atoms. The Labute approximate surface area is 195 Å². The van der Waals surface area contributed by atoms with E-state index in [0.717, 1.165) is 11.0 Å². The number of likely N-dealkylation sites (tertiary alicyclic amines) is 1. The van der Waals surface area contributed by atoms with E-state index in [0.29, 0.717) is 12.8 Å². The number of ether oxygens (including phenoxy) is 1. The molecular weight excluding hydrogens is 454 g/mol. The van der Waals surface area contributed by atoms with Crippen LogP contribution in [0.25, 0.3) is 0 Å². The number of anilines is 1. The van der Waals surface area contributed by atoms with Crippen molar-refractivity contribution >= 4 is 46.7 Å². The summed E-state index contributed by atoms with van der Waals surface area (Å²) in [5, 5.41) is 13.6. The first-order valence-corrected chi connectivity index (χ1v) is 10.9. The lowest BCUT2D eigenvalue weighted by Crippen LogP contribution is -2.47. The quantitative estimate of drug-likeness (QED) is 0.200. The van der Waals surface area contributed by atoms with Gasteiger partial charge in [-0.2, -0.15) is 0 Å². The van der Waals surface area contributed by atoms with Crippen molar-refractivity contribution in [1.29, 1.82) is 0 Å². The van der Waals surface area contributed by atoms with Gasteiger partial charge in [-0.15, -0.1) is 0 Å². The maximum absolute atomic E-state index is 12.9. The fourth-order valence-electron chi connectivity index (χ4n) is 4.07. The summed E-state index contributed by atoms with van der Waals surface area (Å²) in [4.78, 5) is 62.4. The van der Waals surface area contributed by atoms with Crippen LogP contribution in [0.5, 0.6) is 0 Å². The smallest absolute Gasteiger partial charge is 0.329 e. The third kappa shape index (κ3) is 5.39. The van der Waals surface area contributed by atoms with Gasteiger partial charge in [0.15, 0.2) is 6.61 Å². The fraction of sp³-hybridized carbons (Fsp3) is 0.455. The second-order valence-electron chi connectivity index (χ2n) is 8.42. The number of benzene rings is 1. The molecule has 3 rings (SSSR count). The molecule has 0 aromatic heterocycles. The lowest BCUT2D eigenvalue weighted by Gasteiger charge is -2.26. The van der Waals surface area contributed by atoms with E-state index in [1.807, 2.05) is 26.0 Å². The molecule has 3 amide bonds. The molecule has 3 unspecified atom stereocenters. The SMILES string of the molecule is CC(C)CC(C(=O)OCC(=O)Nc1cc(Cl)ccc1[N+](=O)[O-])N1C(=O)C2CC=CCC2C1=O. The molecule has 1 aromatic rings. The van der Waals surface area contributed by atoms with Gasteiger partial charge in [0, 0.05) is 11.1 Å². The number of hydrogen-bond acceptors (Lipinski definition) is 7. The Morgan fingerprint density at radius 1 is 1.21 bits per heavy atom. The summed E-state index contributed by atoms with van der Waals surface area (Å²) in [5.74, 6) is -3.53. The highest BCUT2D eigenvalue weighted by Crippen LogP contribution is 2.37. The minimum Gasteiger partial charge on any atom is -0.454 e. The van der Waals surface area contributed by atoms with Gasteiger partial charge in [0.1, 0.15) is 11.7 Å². The van der Waals surface area contributed by atoms with Gasteiger partial charge in [-0.1, -0.05) is 37.6 Å². The highest BCUT2D eigenvalue weighted by atomic mass is 35.5. The molecule has 1 fully saturated rings. The highest BCUT2D eigenvalue weighted by molar-refractivity contribution is 6.31. The maximum atomic E-state index is 12.9. The van der Waals surface area contributed by atoms with Crippen molar-refractivity contribution in [2.45, 2.75) is 39.2 Å². The summed E-state index contributed by atoms with van der Waals surface area (Å²) in [5.41, 5.74) is -0.519. The number of imide groups is 1. The Bertz CT molecular complexity index is 997. The van der Waals surface area contributed by atoms with Crippen molar-refractivity contribution in [3.05, 3.63) is 45.5 Å². The summed E-state index contributed by atoms with van der Waals surface area (Å²) in [7, 11) is 0. The average molecular weight is 478 g/mol. The van der Waals surface area contributed by atoms with Crippen molar-refractivity contribution in [2.24, 2.45) is 17.8 Å². The van der Waals surface area contributed by atoms with Crippen molar-refractivity contribution in [2.75, 3.05) is 11.9 Å². The van der Waals surface area contributed by atoms with E-state index in [1.165, 1.54) is 12.1 Å². The summed E-state index contributed by atoms with van der Waals surface area (Å²) in [6.45, 7) is 2.93. The summed E-state index contributed by atoms with van der Waals surface area (Å²) < 4.78 is 5.12. The van der Waals surface area contributed by atoms with Gasteiger partial charge >= 0.3 is 5.97 Å². The number of nitrogens with one attached hydrogen (secondary N) is 1. The molecule has 11 heteroatoms. The zero-order chi connectivity index (χ0) is 24.3. The normalized spacial score (nSPS) is 20.5. The van der Waals surface area contributed by atoms with Crippen LogP contribution in [0.1, 0.15) is 33.1 Å². The number of fused-ring (bicyclic) bond motifs is 1. The third-order valence-electron chi connectivity index (χ3n) is 5.59. The van der Waals surface area contributed by atoms with E-state index in [-0.39, 0.29) is 28.7 Å². The van der Waals surface area contributed by atoms with Gasteiger partial charge in [-0.3, -0.25) is 29.4 Å². The predicted octanol–water partition coefficient (Wildman–Crippen LogP) is 3.10. The lowest BCUT2D eigenvalue weighted by molar-refractivity contribution is -0.383. The van der Waals surface area contributed by atoms with E-state index < -0.39 is 53.1 Å². The van der Waals surface area contributed by atoms with Gasteiger partial charge in [-0.05, 0) is 37.3 Å². The number of nitro groups is 1. The molecular formula is C22H24ClN3O7. The number of carbonyl (C=O) groups excluding carboxylic acids is 4.